The fraction of sp³-hybridized carbons (Fsp3) is 0.333. The summed E-state index contributed by atoms with van der Waals surface area (Å²) < 4.78 is 44.0. The van der Waals surface area contributed by atoms with Crippen LogP contribution in [0.2, 0.25) is 0 Å². The first-order chi connectivity index (χ1) is 14.5. The van der Waals surface area contributed by atoms with Crippen molar-refractivity contribution in [2.45, 2.75) is 38.9 Å². The van der Waals surface area contributed by atoms with Gasteiger partial charge in [-0.25, -0.2) is 0 Å². The Morgan fingerprint density at radius 1 is 1.10 bits per heavy atom. The molecule has 10 heteroatoms. The largest absolute Gasteiger partial charge is 0.495 e. The quantitative estimate of drug-likeness (QED) is 0.649. The van der Waals surface area contributed by atoms with Gasteiger partial charge < -0.3 is 10.1 Å². The number of nitrogens with one attached hydrogen (secondary N) is 1. The van der Waals surface area contributed by atoms with Gasteiger partial charge in [0.05, 0.1) is 18.4 Å². The molecule has 0 saturated carbocycles. The Labute approximate surface area is 177 Å². The summed E-state index contributed by atoms with van der Waals surface area (Å²) in [6, 6.07) is 10.1. The number of benzene rings is 2. The number of anilines is 1. The van der Waals surface area contributed by atoms with E-state index in [1.807, 2.05) is 12.1 Å². The molecular weight excluding hydrogens is 411 g/mol. The van der Waals surface area contributed by atoms with Crippen LogP contribution < -0.4 is 10.1 Å². The van der Waals surface area contributed by atoms with Gasteiger partial charge in [0.25, 0.3) is 0 Å². The van der Waals surface area contributed by atoms with Crippen LogP contribution in [0.5, 0.6) is 5.75 Å². The minimum absolute atomic E-state index is 0.00814. The summed E-state index contributed by atoms with van der Waals surface area (Å²) in [5.41, 5.74) is 0.720. The van der Waals surface area contributed by atoms with Gasteiger partial charge in [-0.1, -0.05) is 39.0 Å². The molecule has 2 aromatic carbocycles. The van der Waals surface area contributed by atoms with E-state index < -0.39 is 17.6 Å². The second-order valence-electron chi connectivity index (χ2n) is 7.94. The average molecular weight is 433 g/mol. The second kappa shape index (κ2) is 8.37. The molecule has 0 spiro atoms. The molecule has 0 bridgehead atoms. The van der Waals surface area contributed by atoms with Crippen LogP contribution in [0, 0.1) is 0 Å². The molecule has 31 heavy (non-hydrogen) atoms. The lowest BCUT2D eigenvalue weighted by Gasteiger charge is -2.21. The molecule has 0 saturated heterocycles. The maximum absolute atomic E-state index is 12.9. The molecule has 7 nitrogen and oxygen atoms in total. The van der Waals surface area contributed by atoms with E-state index in [0.717, 1.165) is 22.5 Å². The molecule has 0 unspecified atom stereocenters. The van der Waals surface area contributed by atoms with Crippen LogP contribution in [0.25, 0.3) is 11.4 Å². The predicted molar refractivity (Wildman–Crippen MR) is 109 cm³/mol. The Hall–Kier alpha value is -3.43. The van der Waals surface area contributed by atoms with Gasteiger partial charge in [-0.05, 0) is 40.5 Å². The third kappa shape index (κ3) is 5.39. The topological polar surface area (TPSA) is 81.9 Å². The third-order valence-electron chi connectivity index (χ3n) is 4.53. The third-order valence-corrected chi connectivity index (χ3v) is 4.53. The Morgan fingerprint density at radius 3 is 2.48 bits per heavy atom. The van der Waals surface area contributed by atoms with Crippen molar-refractivity contribution in [2.24, 2.45) is 0 Å². The van der Waals surface area contributed by atoms with Crippen LogP contribution in [0.4, 0.5) is 18.9 Å². The van der Waals surface area contributed by atoms with E-state index in [0.29, 0.717) is 11.4 Å². The zero-order valence-corrected chi connectivity index (χ0v) is 17.5. The number of ether oxygens (including phenoxy) is 1. The summed E-state index contributed by atoms with van der Waals surface area (Å²) in [5, 5.41) is 14.3. The Balaban J connectivity index is 1.75. The Kier molecular flexibility index (Phi) is 6.01. The van der Waals surface area contributed by atoms with Crippen molar-refractivity contribution in [3.05, 3.63) is 53.6 Å². The molecule has 1 aromatic heterocycles. The van der Waals surface area contributed by atoms with Gasteiger partial charge in [0, 0.05) is 5.56 Å². The van der Waals surface area contributed by atoms with E-state index in [-0.39, 0.29) is 23.3 Å². The summed E-state index contributed by atoms with van der Waals surface area (Å²) in [7, 11) is 1.50. The maximum Gasteiger partial charge on any atom is 0.416 e. The summed E-state index contributed by atoms with van der Waals surface area (Å²) in [6.45, 7) is 5.88. The number of hydrogen-bond acceptors (Lipinski definition) is 5. The monoisotopic (exact) mass is 433 g/mol. The van der Waals surface area contributed by atoms with Crippen molar-refractivity contribution >= 4 is 11.6 Å². The predicted octanol–water partition coefficient (Wildman–Crippen LogP) is 4.30. The lowest BCUT2D eigenvalue weighted by molar-refractivity contribution is -0.137. The van der Waals surface area contributed by atoms with Crippen LogP contribution in [0.15, 0.2) is 42.5 Å². The molecule has 164 valence electrons. The molecular formula is C21H22F3N5O2. The van der Waals surface area contributed by atoms with Crippen molar-refractivity contribution in [1.29, 1.82) is 0 Å². The lowest BCUT2D eigenvalue weighted by atomic mass is 9.87. The highest BCUT2D eigenvalue weighted by Crippen LogP contribution is 2.32. The first-order valence-corrected chi connectivity index (χ1v) is 9.41. The zero-order valence-electron chi connectivity index (χ0n) is 17.5. The number of hydrogen-bond donors (Lipinski definition) is 1. The van der Waals surface area contributed by atoms with Crippen molar-refractivity contribution in [1.82, 2.24) is 20.2 Å². The first-order valence-electron chi connectivity index (χ1n) is 9.41. The summed E-state index contributed by atoms with van der Waals surface area (Å²) in [4.78, 5) is 13.5. The number of aromatic nitrogens is 4. The molecule has 1 amide bonds. The molecule has 0 fully saturated rings. The van der Waals surface area contributed by atoms with E-state index in [9.17, 15) is 18.0 Å². The molecule has 1 heterocycles. The molecule has 0 aliphatic rings. The standard InChI is InChI=1S/C21H22F3N5O2/c1-20(2,3)14-8-9-17(31-4)16(11-14)25-18(30)12-29-27-19(26-28-29)13-6-5-7-15(10-13)21(22,23)24/h5-11H,12H2,1-4H3,(H,25,30). The fourth-order valence-corrected chi connectivity index (χ4v) is 2.85. The molecule has 0 radical (unpaired) electrons. The number of amides is 1. The van der Waals surface area contributed by atoms with Crippen LogP contribution in [0.1, 0.15) is 31.9 Å². The van der Waals surface area contributed by atoms with Gasteiger partial charge in [0.1, 0.15) is 12.3 Å². The van der Waals surface area contributed by atoms with Crippen molar-refractivity contribution in [3.8, 4) is 17.1 Å². The molecule has 1 N–H and O–H groups in total. The van der Waals surface area contributed by atoms with Gasteiger partial charge in [-0.15, -0.1) is 10.2 Å². The molecule has 0 aliphatic carbocycles. The molecule has 3 aromatic rings. The number of carbonyl (C=O) groups is 1. The van der Waals surface area contributed by atoms with Gasteiger partial charge in [-0.3, -0.25) is 4.79 Å². The number of rotatable bonds is 5. The summed E-state index contributed by atoms with van der Waals surface area (Å²) >= 11 is 0. The van der Waals surface area contributed by atoms with Crippen molar-refractivity contribution < 1.29 is 22.7 Å². The van der Waals surface area contributed by atoms with E-state index in [2.05, 4.69) is 41.5 Å². The minimum atomic E-state index is -4.48. The lowest BCUT2D eigenvalue weighted by Crippen LogP contribution is -2.21. The number of halogens is 3. The number of nitrogens with zero attached hydrogens (tertiary/aromatic N) is 4. The van der Waals surface area contributed by atoms with Crippen LogP contribution in [0.3, 0.4) is 0 Å². The molecule has 0 atom stereocenters. The van der Waals surface area contributed by atoms with E-state index in [4.69, 9.17) is 4.74 Å². The number of methoxy groups -OCH3 is 1. The Bertz CT molecular complexity index is 1090. The summed E-state index contributed by atoms with van der Waals surface area (Å²) in [6.07, 6.45) is -4.48. The number of tetrazole rings is 1. The zero-order chi connectivity index (χ0) is 22.8. The molecule has 0 aliphatic heterocycles. The number of alkyl halides is 3. The van der Waals surface area contributed by atoms with Crippen LogP contribution >= 0.6 is 0 Å². The first kappa shape index (κ1) is 22.3. The second-order valence-corrected chi connectivity index (χ2v) is 7.94. The van der Waals surface area contributed by atoms with E-state index in [1.165, 1.54) is 19.2 Å². The van der Waals surface area contributed by atoms with Crippen molar-refractivity contribution in [3.63, 3.8) is 0 Å². The smallest absolute Gasteiger partial charge is 0.416 e. The highest BCUT2D eigenvalue weighted by Gasteiger charge is 2.30. The minimum Gasteiger partial charge on any atom is -0.495 e. The van der Waals surface area contributed by atoms with Crippen LogP contribution in [-0.2, 0) is 22.9 Å². The highest BCUT2D eigenvalue weighted by molar-refractivity contribution is 5.92. The van der Waals surface area contributed by atoms with Crippen LogP contribution in [-0.4, -0.2) is 33.2 Å². The maximum atomic E-state index is 12.9. The van der Waals surface area contributed by atoms with E-state index >= 15 is 0 Å². The van der Waals surface area contributed by atoms with Gasteiger partial charge in [-0.2, -0.15) is 18.0 Å². The van der Waals surface area contributed by atoms with Gasteiger partial charge in [0.2, 0.25) is 11.7 Å². The van der Waals surface area contributed by atoms with Crippen molar-refractivity contribution in [2.75, 3.05) is 12.4 Å². The van der Waals surface area contributed by atoms with E-state index in [1.54, 1.807) is 6.07 Å². The van der Waals surface area contributed by atoms with Gasteiger partial charge in [0.15, 0.2) is 0 Å². The SMILES string of the molecule is COc1ccc(C(C)(C)C)cc1NC(=O)Cn1nnc(-c2cccc(C(F)(F)F)c2)n1. The average Bonchev–Trinajstić information content (AvgIpc) is 3.15. The number of carbonyl (C=O) groups excluding carboxylic acids is 1. The normalized spacial score (nSPS) is 12.0. The Morgan fingerprint density at radius 2 is 1.84 bits per heavy atom. The van der Waals surface area contributed by atoms with Gasteiger partial charge >= 0.3 is 6.18 Å². The summed E-state index contributed by atoms with van der Waals surface area (Å²) in [5.74, 6) is 0.0566. The molecule has 3 rings (SSSR count). The highest BCUT2D eigenvalue weighted by atomic mass is 19.4. The fourth-order valence-electron chi connectivity index (χ4n) is 2.85.